The Morgan fingerprint density at radius 3 is 2.38 bits per heavy atom. The van der Waals surface area contributed by atoms with Crippen LogP contribution in [0.25, 0.3) is 0 Å². The highest BCUT2D eigenvalue weighted by Crippen LogP contribution is 2.34. The highest BCUT2D eigenvalue weighted by Gasteiger charge is 2.44. The van der Waals surface area contributed by atoms with Gasteiger partial charge < -0.3 is 15.7 Å². The lowest BCUT2D eigenvalue weighted by molar-refractivity contribution is -0.143. The third kappa shape index (κ3) is 2.35. The van der Waals surface area contributed by atoms with Crippen LogP contribution in [0.1, 0.15) is 27.2 Å². The van der Waals surface area contributed by atoms with Crippen LogP contribution in [0, 0.1) is 11.3 Å². The van der Waals surface area contributed by atoms with E-state index in [1.165, 1.54) is 6.92 Å². The fraction of sp³-hybridized carbons (Fsp3) is 0.818. The van der Waals surface area contributed by atoms with E-state index >= 15 is 0 Å². The molecule has 1 aliphatic rings. The summed E-state index contributed by atoms with van der Waals surface area (Å²) in [7, 11) is 0. The van der Waals surface area contributed by atoms with Crippen LogP contribution in [0.2, 0.25) is 0 Å². The molecule has 1 amide bonds. The fourth-order valence-electron chi connectivity index (χ4n) is 2.06. The van der Waals surface area contributed by atoms with Crippen molar-refractivity contribution in [3.8, 4) is 0 Å². The van der Waals surface area contributed by atoms with E-state index in [4.69, 9.17) is 5.11 Å². The number of carboxylic acid groups (broad SMARTS) is 1. The zero-order valence-corrected chi connectivity index (χ0v) is 10.0. The molecule has 0 aromatic carbocycles. The molecule has 1 saturated heterocycles. The van der Waals surface area contributed by atoms with Crippen molar-refractivity contribution in [2.24, 2.45) is 11.3 Å². The molecular weight excluding hydrogens is 208 g/mol. The predicted octanol–water partition coefficient (Wildman–Crippen LogP) is 0.211. The van der Waals surface area contributed by atoms with Gasteiger partial charge in [0.2, 0.25) is 5.91 Å². The number of hydrogen-bond donors (Lipinski definition) is 3. The van der Waals surface area contributed by atoms with Gasteiger partial charge in [-0.3, -0.25) is 9.59 Å². The molecular formula is C11H20N2O3. The molecule has 1 rings (SSSR count). The molecule has 1 unspecified atom stereocenters. The first-order valence-corrected chi connectivity index (χ1v) is 5.64. The van der Waals surface area contributed by atoms with Gasteiger partial charge in [-0.25, -0.2) is 0 Å². The van der Waals surface area contributed by atoms with Crippen LogP contribution in [-0.2, 0) is 9.59 Å². The van der Waals surface area contributed by atoms with Gasteiger partial charge in [0, 0.05) is 6.54 Å². The molecule has 0 spiro atoms. The first-order valence-electron chi connectivity index (χ1n) is 5.64. The van der Waals surface area contributed by atoms with Gasteiger partial charge in [0.05, 0.1) is 5.41 Å². The topological polar surface area (TPSA) is 78.4 Å². The maximum atomic E-state index is 12.1. The van der Waals surface area contributed by atoms with Crippen LogP contribution in [0.5, 0.6) is 0 Å². The predicted molar refractivity (Wildman–Crippen MR) is 60.0 cm³/mol. The first-order chi connectivity index (χ1) is 7.40. The molecule has 2 atom stereocenters. The van der Waals surface area contributed by atoms with E-state index in [-0.39, 0.29) is 11.8 Å². The highest BCUT2D eigenvalue weighted by atomic mass is 16.4. The van der Waals surface area contributed by atoms with E-state index in [1.54, 1.807) is 0 Å². The third-order valence-corrected chi connectivity index (χ3v) is 3.46. The molecule has 0 aromatic heterocycles. The Kier molecular flexibility index (Phi) is 3.91. The molecule has 1 heterocycles. The lowest BCUT2D eigenvalue weighted by Gasteiger charge is -2.31. The molecule has 1 fully saturated rings. The maximum absolute atomic E-state index is 12.1. The summed E-state index contributed by atoms with van der Waals surface area (Å²) in [4.78, 5) is 22.8. The zero-order chi connectivity index (χ0) is 12.3. The summed E-state index contributed by atoms with van der Waals surface area (Å²) < 4.78 is 0. The average molecular weight is 228 g/mol. The summed E-state index contributed by atoms with van der Waals surface area (Å²) in [6.07, 6.45) is 0.767. The minimum atomic E-state index is -1.00. The van der Waals surface area contributed by atoms with Gasteiger partial charge >= 0.3 is 5.97 Å². The Balaban J connectivity index is 2.73. The van der Waals surface area contributed by atoms with E-state index in [1.807, 2.05) is 13.8 Å². The van der Waals surface area contributed by atoms with Gasteiger partial charge in [-0.2, -0.15) is 0 Å². The van der Waals surface area contributed by atoms with Crippen molar-refractivity contribution in [2.45, 2.75) is 33.2 Å². The van der Waals surface area contributed by atoms with E-state index in [2.05, 4.69) is 10.6 Å². The average Bonchev–Trinajstić information content (AvgIpc) is 2.66. The Morgan fingerprint density at radius 1 is 1.38 bits per heavy atom. The Labute approximate surface area is 95.6 Å². The third-order valence-electron chi connectivity index (χ3n) is 3.46. The molecule has 0 aliphatic carbocycles. The zero-order valence-electron chi connectivity index (χ0n) is 10.0. The van der Waals surface area contributed by atoms with E-state index in [9.17, 15) is 9.59 Å². The van der Waals surface area contributed by atoms with Crippen LogP contribution in [0.15, 0.2) is 0 Å². The number of nitrogens with one attached hydrogen (secondary N) is 2. The standard InChI is InChI=1S/C11H20N2O3/c1-7(2)11(4-5-12-6-11)10(16)13-8(3)9(14)15/h7-8,12H,4-6H2,1-3H3,(H,13,16)(H,14,15)/t8-,11?/m0/s1. The van der Waals surface area contributed by atoms with Crippen LogP contribution in [0.4, 0.5) is 0 Å². The van der Waals surface area contributed by atoms with Gasteiger partial charge in [0.25, 0.3) is 0 Å². The monoisotopic (exact) mass is 228 g/mol. The van der Waals surface area contributed by atoms with Gasteiger partial charge in [-0.15, -0.1) is 0 Å². The summed E-state index contributed by atoms with van der Waals surface area (Å²) in [6, 6.07) is -0.830. The van der Waals surface area contributed by atoms with Gasteiger partial charge in [-0.1, -0.05) is 13.8 Å². The van der Waals surface area contributed by atoms with Gasteiger partial charge in [0.15, 0.2) is 0 Å². The lowest BCUT2D eigenvalue weighted by atomic mass is 9.75. The summed E-state index contributed by atoms with van der Waals surface area (Å²) in [5.41, 5.74) is -0.455. The van der Waals surface area contributed by atoms with Gasteiger partial charge in [0.1, 0.15) is 6.04 Å². The Bertz CT molecular complexity index is 283. The molecule has 0 radical (unpaired) electrons. The molecule has 5 nitrogen and oxygen atoms in total. The van der Waals surface area contributed by atoms with E-state index < -0.39 is 17.4 Å². The first kappa shape index (κ1) is 13.0. The van der Waals surface area contributed by atoms with Crippen molar-refractivity contribution >= 4 is 11.9 Å². The van der Waals surface area contributed by atoms with Crippen LogP contribution in [0.3, 0.4) is 0 Å². The summed E-state index contributed by atoms with van der Waals surface area (Å²) in [5, 5.41) is 14.5. The van der Waals surface area contributed by atoms with E-state index in [0.717, 1.165) is 13.0 Å². The second kappa shape index (κ2) is 4.82. The van der Waals surface area contributed by atoms with Crippen molar-refractivity contribution in [1.82, 2.24) is 10.6 Å². The van der Waals surface area contributed by atoms with Gasteiger partial charge in [-0.05, 0) is 25.8 Å². The molecule has 5 heteroatoms. The SMILES string of the molecule is CC(C)C1(C(=O)N[C@@H](C)C(=O)O)CCNC1. The van der Waals surface area contributed by atoms with Crippen molar-refractivity contribution in [1.29, 1.82) is 0 Å². The van der Waals surface area contributed by atoms with Crippen molar-refractivity contribution in [2.75, 3.05) is 13.1 Å². The summed E-state index contributed by atoms with van der Waals surface area (Å²) in [5.74, 6) is -0.955. The second-order valence-electron chi connectivity index (χ2n) is 4.77. The molecule has 1 aliphatic heterocycles. The molecule has 3 N–H and O–H groups in total. The fourth-order valence-corrected chi connectivity index (χ4v) is 2.06. The second-order valence-corrected chi connectivity index (χ2v) is 4.77. The summed E-state index contributed by atoms with van der Waals surface area (Å²) in [6.45, 7) is 6.92. The number of rotatable bonds is 4. The number of carboxylic acids is 1. The van der Waals surface area contributed by atoms with E-state index in [0.29, 0.717) is 6.54 Å². The minimum Gasteiger partial charge on any atom is -0.480 e. The van der Waals surface area contributed by atoms with Crippen LogP contribution < -0.4 is 10.6 Å². The number of amides is 1. The number of carbonyl (C=O) groups is 2. The van der Waals surface area contributed by atoms with Crippen molar-refractivity contribution in [3.63, 3.8) is 0 Å². The maximum Gasteiger partial charge on any atom is 0.325 e. The number of aliphatic carboxylic acids is 1. The number of hydrogen-bond acceptors (Lipinski definition) is 3. The molecule has 0 bridgehead atoms. The molecule has 92 valence electrons. The largest absolute Gasteiger partial charge is 0.480 e. The smallest absolute Gasteiger partial charge is 0.325 e. The van der Waals surface area contributed by atoms with Crippen molar-refractivity contribution in [3.05, 3.63) is 0 Å². The lowest BCUT2D eigenvalue weighted by Crippen LogP contribution is -2.50. The summed E-state index contributed by atoms with van der Waals surface area (Å²) >= 11 is 0. The molecule has 0 saturated carbocycles. The van der Waals surface area contributed by atoms with Crippen LogP contribution in [-0.4, -0.2) is 36.1 Å². The molecule has 0 aromatic rings. The van der Waals surface area contributed by atoms with Crippen LogP contribution >= 0.6 is 0 Å². The Morgan fingerprint density at radius 2 is 2.00 bits per heavy atom. The number of carbonyl (C=O) groups excluding carboxylic acids is 1. The normalized spacial score (nSPS) is 26.8. The van der Waals surface area contributed by atoms with Crippen molar-refractivity contribution < 1.29 is 14.7 Å². The highest BCUT2D eigenvalue weighted by molar-refractivity contribution is 5.87. The minimum absolute atomic E-state index is 0.151. The quantitative estimate of drug-likeness (QED) is 0.643. The Hall–Kier alpha value is -1.10. The molecule has 16 heavy (non-hydrogen) atoms.